The topological polar surface area (TPSA) is 29.1 Å². The van der Waals surface area contributed by atoms with E-state index in [-0.39, 0.29) is 17.4 Å². The third-order valence-corrected chi connectivity index (χ3v) is 3.25. The Morgan fingerprint density at radius 3 is 2.62 bits per heavy atom. The number of nitrogens with one attached hydrogen (secondary N) is 1. The van der Waals surface area contributed by atoms with Crippen LogP contribution in [0.5, 0.6) is 0 Å². The van der Waals surface area contributed by atoms with Gasteiger partial charge in [-0.05, 0) is 30.5 Å². The van der Waals surface area contributed by atoms with Crippen LogP contribution in [0.3, 0.4) is 0 Å². The van der Waals surface area contributed by atoms with Crippen LogP contribution >= 0.6 is 11.6 Å². The van der Waals surface area contributed by atoms with Crippen molar-refractivity contribution in [2.75, 3.05) is 0 Å². The lowest BCUT2D eigenvalue weighted by atomic mass is 10.0. The van der Waals surface area contributed by atoms with Gasteiger partial charge in [-0.15, -0.1) is 0 Å². The maximum atomic E-state index is 11.7. The number of carbonyl (C=O) groups is 1. The van der Waals surface area contributed by atoms with E-state index in [2.05, 4.69) is 5.32 Å². The molecule has 2 rings (SSSR count). The highest BCUT2D eigenvalue weighted by molar-refractivity contribution is 6.30. The summed E-state index contributed by atoms with van der Waals surface area (Å²) in [5.74, 6) is 0.133. The molecule has 1 aliphatic rings. The molecule has 1 aromatic carbocycles. The summed E-state index contributed by atoms with van der Waals surface area (Å²) in [4.78, 5) is 11.7. The van der Waals surface area contributed by atoms with Gasteiger partial charge in [-0.1, -0.05) is 37.6 Å². The molecule has 86 valence electrons. The summed E-state index contributed by atoms with van der Waals surface area (Å²) in [5.41, 5.74) is 0.973. The van der Waals surface area contributed by atoms with Crippen LogP contribution in [0.1, 0.15) is 32.3 Å². The second-order valence-electron chi connectivity index (χ2n) is 4.74. The van der Waals surface area contributed by atoms with E-state index in [0.717, 1.165) is 23.4 Å². The number of benzene rings is 1. The van der Waals surface area contributed by atoms with Crippen molar-refractivity contribution in [3.63, 3.8) is 0 Å². The fourth-order valence-electron chi connectivity index (χ4n) is 1.78. The van der Waals surface area contributed by atoms with Crippen LogP contribution in [0.15, 0.2) is 24.3 Å². The van der Waals surface area contributed by atoms with Gasteiger partial charge in [0.25, 0.3) is 0 Å². The summed E-state index contributed by atoms with van der Waals surface area (Å²) in [6, 6.07) is 7.75. The molecule has 1 amide bonds. The van der Waals surface area contributed by atoms with Crippen molar-refractivity contribution in [2.45, 2.75) is 32.2 Å². The third-order valence-electron chi connectivity index (χ3n) is 3.01. The van der Waals surface area contributed by atoms with Crippen molar-refractivity contribution in [1.29, 1.82) is 0 Å². The smallest absolute Gasteiger partial charge is 0.223 e. The lowest BCUT2D eigenvalue weighted by molar-refractivity contribution is -0.125. The Bertz CT molecular complexity index is 410. The van der Waals surface area contributed by atoms with E-state index in [1.807, 2.05) is 38.1 Å². The maximum Gasteiger partial charge on any atom is 0.223 e. The molecule has 3 heteroatoms. The van der Waals surface area contributed by atoms with Crippen LogP contribution in [0.4, 0.5) is 0 Å². The molecule has 1 saturated carbocycles. The first-order valence-electron chi connectivity index (χ1n) is 5.61. The summed E-state index contributed by atoms with van der Waals surface area (Å²) in [6.07, 6.45) is 2.01. The van der Waals surface area contributed by atoms with Crippen LogP contribution in [-0.4, -0.2) is 5.91 Å². The van der Waals surface area contributed by atoms with Gasteiger partial charge in [-0.2, -0.15) is 0 Å². The molecule has 0 aliphatic heterocycles. The Morgan fingerprint density at radius 1 is 1.44 bits per heavy atom. The van der Waals surface area contributed by atoms with Gasteiger partial charge in [0.05, 0.1) is 5.54 Å². The second kappa shape index (κ2) is 4.10. The predicted octanol–water partition coefficient (Wildman–Crippen LogP) is 3.10. The monoisotopic (exact) mass is 237 g/mol. The minimum absolute atomic E-state index is 0.0247. The fourth-order valence-corrected chi connectivity index (χ4v) is 1.97. The van der Waals surface area contributed by atoms with Crippen molar-refractivity contribution in [1.82, 2.24) is 5.32 Å². The lowest BCUT2D eigenvalue weighted by Gasteiger charge is -2.19. The first-order valence-corrected chi connectivity index (χ1v) is 5.99. The van der Waals surface area contributed by atoms with E-state index in [0.29, 0.717) is 0 Å². The van der Waals surface area contributed by atoms with Crippen molar-refractivity contribution in [3.05, 3.63) is 34.9 Å². The van der Waals surface area contributed by atoms with Gasteiger partial charge < -0.3 is 5.32 Å². The highest BCUT2D eigenvalue weighted by atomic mass is 35.5. The predicted molar refractivity (Wildman–Crippen MR) is 65.3 cm³/mol. The molecule has 0 spiro atoms. The average Bonchev–Trinajstić information content (AvgIpc) is 2.99. The van der Waals surface area contributed by atoms with Gasteiger partial charge in [-0.25, -0.2) is 0 Å². The molecule has 2 nitrogen and oxygen atoms in total. The summed E-state index contributed by atoms with van der Waals surface area (Å²) < 4.78 is 0. The molecule has 0 unspecified atom stereocenters. The van der Waals surface area contributed by atoms with Crippen LogP contribution in [0.2, 0.25) is 5.02 Å². The highest BCUT2D eigenvalue weighted by Crippen LogP contribution is 2.46. The first kappa shape index (κ1) is 11.5. The summed E-state index contributed by atoms with van der Waals surface area (Å²) in [5, 5.41) is 3.84. The van der Waals surface area contributed by atoms with E-state index in [1.165, 1.54) is 0 Å². The molecule has 0 atom stereocenters. The average molecular weight is 238 g/mol. The van der Waals surface area contributed by atoms with Crippen LogP contribution in [-0.2, 0) is 10.3 Å². The number of amides is 1. The van der Waals surface area contributed by atoms with Gasteiger partial charge in [-0.3, -0.25) is 4.79 Å². The second-order valence-corrected chi connectivity index (χ2v) is 5.17. The van der Waals surface area contributed by atoms with Gasteiger partial charge in [0.2, 0.25) is 5.91 Å². The largest absolute Gasteiger partial charge is 0.346 e. The summed E-state index contributed by atoms with van der Waals surface area (Å²) >= 11 is 5.97. The van der Waals surface area contributed by atoms with Gasteiger partial charge in [0.1, 0.15) is 0 Å². The first-order chi connectivity index (χ1) is 7.53. The summed E-state index contributed by atoms with van der Waals surface area (Å²) in [7, 11) is 0. The number of hydrogen-bond donors (Lipinski definition) is 1. The minimum atomic E-state index is -0.147. The lowest BCUT2D eigenvalue weighted by Crippen LogP contribution is -2.37. The summed E-state index contributed by atoms with van der Waals surface area (Å²) in [6.45, 7) is 3.81. The molecule has 16 heavy (non-hydrogen) atoms. The zero-order valence-electron chi connectivity index (χ0n) is 9.59. The quantitative estimate of drug-likeness (QED) is 0.860. The zero-order chi connectivity index (χ0) is 11.8. The van der Waals surface area contributed by atoms with E-state index in [1.54, 1.807) is 0 Å². The molecule has 0 saturated heterocycles. The van der Waals surface area contributed by atoms with Gasteiger partial charge >= 0.3 is 0 Å². The highest BCUT2D eigenvalue weighted by Gasteiger charge is 2.45. The van der Waals surface area contributed by atoms with Crippen molar-refractivity contribution in [3.8, 4) is 0 Å². The molecule has 1 aromatic rings. The third kappa shape index (κ3) is 2.22. The Kier molecular flexibility index (Phi) is 2.94. The molecule has 0 heterocycles. The van der Waals surface area contributed by atoms with Crippen LogP contribution in [0.25, 0.3) is 0 Å². The Hall–Kier alpha value is -1.02. The standard InChI is InChI=1S/C13H16ClNO/c1-9(2)12(16)15-13(6-7-13)10-4-3-5-11(14)8-10/h3-5,8-9H,6-7H2,1-2H3,(H,15,16). The van der Waals surface area contributed by atoms with Crippen LogP contribution in [0, 0.1) is 5.92 Å². The zero-order valence-corrected chi connectivity index (χ0v) is 10.3. The Morgan fingerprint density at radius 2 is 2.12 bits per heavy atom. The Balaban J connectivity index is 2.17. The SMILES string of the molecule is CC(C)C(=O)NC1(c2cccc(Cl)c2)CC1. The van der Waals surface area contributed by atoms with Gasteiger partial charge in [0.15, 0.2) is 0 Å². The normalized spacial score (nSPS) is 17.2. The molecular formula is C13H16ClNO. The Labute approximate surface area is 101 Å². The molecule has 1 fully saturated rings. The number of carbonyl (C=O) groups excluding carboxylic acids is 1. The molecule has 0 aromatic heterocycles. The van der Waals surface area contributed by atoms with E-state index < -0.39 is 0 Å². The van der Waals surface area contributed by atoms with Crippen LogP contribution < -0.4 is 5.32 Å². The molecule has 0 radical (unpaired) electrons. The van der Waals surface area contributed by atoms with E-state index >= 15 is 0 Å². The van der Waals surface area contributed by atoms with Crippen molar-refractivity contribution >= 4 is 17.5 Å². The molecule has 1 N–H and O–H groups in total. The maximum absolute atomic E-state index is 11.7. The number of rotatable bonds is 3. The van der Waals surface area contributed by atoms with E-state index in [4.69, 9.17) is 11.6 Å². The minimum Gasteiger partial charge on any atom is -0.346 e. The number of halogens is 1. The molecule has 1 aliphatic carbocycles. The van der Waals surface area contributed by atoms with Gasteiger partial charge in [0, 0.05) is 10.9 Å². The van der Waals surface area contributed by atoms with Crippen molar-refractivity contribution < 1.29 is 4.79 Å². The molecule has 0 bridgehead atoms. The fraction of sp³-hybridized carbons (Fsp3) is 0.462. The van der Waals surface area contributed by atoms with E-state index in [9.17, 15) is 4.79 Å². The van der Waals surface area contributed by atoms with Crippen molar-refractivity contribution in [2.24, 2.45) is 5.92 Å². The number of hydrogen-bond acceptors (Lipinski definition) is 1. The molecular weight excluding hydrogens is 222 g/mol.